The summed E-state index contributed by atoms with van der Waals surface area (Å²) in [7, 11) is 0. The third-order valence-corrected chi connectivity index (χ3v) is 4.49. The summed E-state index contributed by atoms with van der Waals surface area (Å²) in [6.07, 6.45) is 8.17. The first-order valence-corrected chi connectivity index (χ1v) is 8.87. The fourth-order valence-corrected chi connectivity index (χ4v) is 3.13. The number of nitrogens with one attached hydrogen (secondary N) is 1. The van der Waals surface area contributed by atoms with Crippen LogP contribution in [0.15, 0.2) is 17.7 Å². The quantitative estimate of drug-likeness (QED) is 0.839. The maximum Gasteiger partial charge on any atom is 0.270 e. The van der Waals surface area contributed by atoms with E-state index >= 15 is 0 Å². The van der Waals surface area contributed by atoms with Crippen molar-refractivity contribution < 1.29 is 9.53 Å². The number of ether oxygens (including phenoxy) is 1. The molecule has 6 heteroatoms. The van der Waals surface area contributed by atoms with Gasteiger partial charge in [-0.3, -0.25) is 4.79 Å². The molecule has 0 saturated carbocycles. The Kier molecular flexibility index (Phi) is 5.80. The average molecular weight is 330 g/mol. The molecule has 0 unspecified atom stereocenters. The fraction of sp³-hybridized carbons (Fsp3) is 0.611. The number of allylic oxidation sites excluding steroid dienone is 1. The molecule has 1 aromatic heterocycles. The lowest BCUT2D eigenvalue weighted by atomic mass is 9.97. The number of morpholine rings is 1. The van der Waals surface area contributed by atoms with Crippen LogP contribution in [0, 0.1) is 6.92 Å². The van der Waals surface area contributed by atoms with Crippen LogP contribution in [0.3, 0.4) is 0 Å². The standard InChI is InChI=1S/C18H26N4O2/c1-14-13-16(21-18(20-14)22-9-11-24-12-10-22)17(23)19-8-7-15-5-3-2-4-6-15/h5,13H,2-4,6-12H2,1H3,(H,19,23). The van der Waals surface area contributed by atoms with Gasteiger partial charge in [-0.15, -0.1) is 0 Å². The predicted molar refractivity (Wildman–Crippen MR) is 93.3 cm³/mol. The molecule has 24 heavy (non-hydrogen) atoms. The van der Waals surface area contributed by atoms with Gasteiger partial charge in [0.1, 0.15) is 5.69 Å². The van der Waals surface area contributed by atoms with Crippen LogP contribution in [-0.4, -0.2) is 48.7 Å². The van der Waals surface area contributed by atoms with Crippen molar-refractivity contribution in [1.29, 1.82) is 0 Å². The summed E-state index contributed by atoms with van der Waals surface area (Å²) in [5, 5.41) is 2.99. The van der Waals surface area contributed by atoms with Crippen molar-refractivity contribution in [2.75, 3.05) is 37.7 Å². The summed E-state index contributed by atoms with van der Waals surface area (Å²) < 4.78 is 5.36. The third-order valence-electron chi connectivity index (χ3n) is 4.49. The molecule has 0 radical (unpaired) electrons. The van der Waals surface area contributed by atoms with E-state index in [1.165, 1.54) is 31.3 Å². The molecule has 1 saturated heterocycles. The number of rotatable bonds is 5. The molecule has 1 N–H and O–H groups in total. The second kappa shape index (κ2) is 8.24. The van der Waals surface area contributed by atoms with Crippen molar-refractivity contribution in [3.63, 3.8) is 0 Å². The van der Waals surface area contributed by atoms with E-state index in [9.17, 15) is 4.79 Å². The summed E-state index contributed by atoms with van der Waals surface area (Å²) in [5.41, 5.74) is 2.72. The summed E-state index contributed by atoms with van der Waals surface area (Å²) in [6.45, 7) is 5.44. The number of carbonyl (C=O) groups is 1. The third kappa shape index (κ3) is 4.54. The van der Waals surface area contributed by atoms with Gasteiger partial charge in [0.25, 0.3) is 5.91 Å². The van der Waals surface area contributed by atoms with Crippen molar-refractivity contribution in [1.82, 2.24) is 15.3 Å². The number of nitrogens with zero attached hydrogens (tertiary/aromatic N) is 3. The minimum absolute atomic E-state index is 0.119. The van der Waals surface area contributed by atoms with Crippen LogP contribution in [0.2, 0.25) is 0 Å². The van der Waals surface area contributed by atoms with Gasteiger partial charge < -0.3 is 15.0 Å². The Morgan fingerprint density at radius 1 is 1.29 bits per heavy atom. The summed E-state index contributed by atoms with van der Waals surface area (Å²) >= 11 is 0. The zero-order valence-corrected chi connectivity index (χ0v) is 14.4. The van der Waals surface area contributed by atoms with Gasteiger partial charge in [-0.1, -0.05) is 11.6 Å². The van der Waals surface area contributed by atoms with E-state index in [0.29, 0.717) is 31.4 Å². The van der Waals surface area contributed by atoms with Crippen molar-refractivity contribution >= 4 is 11.9 Å². The highest BCUT2D eigenvalue weighted by Gasteiger charge is 2.17. The number of hydrogen-bond acceptors (Lipinski definition) is 5. The SMILES string of the molecule is Cc1cc(C(=O)NCCC2=CCCCC2)nc(N2CCOCC2)n1. The van der Waals surface area contributed by atoms with Crippen LogP contribution in [-0.2, 0) is 4.74 Å². The van der Waals surface area contributed by atoms with Crippen LogP contribution in [0.5, 0.6) is 0 Å². The summed E-state index contributed by atoms with van der Waals surface area (Å²) in [5.74, 6) is 0.504. The highest BCUT2D eigenvalue weighted by atomic mass is 16.5. The molecule has 1 aliphatic carbocycles. The Balaban J connectivity index is 1.59. The van der Waals surface area contributed by atoms with E-state index in [1.807, 2.05) is 6.92 Å². The summed E-state index contributed by atoms with van der Waals surface area (Å²) in [4.78, 5) is 23.4. The topological polar surface area (TPSA) is 67.4 Å². The highest BCUT2D eigenvalue weighted by Crippen LogP contribution is 2.19. The lowest BCUT2D eigenvalue weighted by molar-refractivity contribution is 0.0948. The van der Waals surface area contributed by atoms with E-state index in [1.54, 1.807) is 6.07 Å². The normalized spacial score (nSPS) is 18.2. The number of amides is 1. The predicted octanol–water partition coefficient (Wildman–Crippen LogP) is 2.24. The number of aromatic nitrogens is 2. The first-order valence-electron chi connectivity index (χ1n) is 8.87. The van der Waals surface area contributed by atoms with Gasteiger partial charge in [-0.2, -0.15) is 0 Å². The van der Waals surface area contributed by atoms with E-state index in [4.69, 9.17) is 4.74 Å². The molecule has 130 valence electrons. The molecular formula is C18H26N4O2. The molecule has 0 aromatic carbocycles. The molecule has 0 spiro atoms. The van der Waals surface area contributed by atoms with Crippen LogP contribution in [0.1, 0.15) is 48.3 Å². The molecule has 1 fully saturated rings. The minimum atomic E-state index is -0.119. The molecular weight excluding hydrogens is 304 g/mol. The molecule has 1 amide bonds. The average Bonchev–Trinajstić information content (AvgIpc) is 2.63. The Bertz CT molecular complexity index is 609. The van der Waals surface area contributed by atoms with Gasteiger partial charge in [0, 0.05) is 25.3 Å². The molecule has 1 aliphatic heterocycles. The van der Waals surface area contributed by atoms with Gasteiger partial charge >= 0.3 is 0 Å². The van der Waals surface area contributed by atoms with E-state index in [0.717, 1.165) is 25.2 Å². The lowest BCUT2D eigenvalue weighted by Crippen LogP contribution is -2.38. The molecule has 2 aliphatic rings. The Morgan fingerprint density at radius 2 is 2.12 bits per heavy atom. The zero-order valence-electron chi connectivity index (χ0n) is 14.4. The maximum atomic E-state index is 12.4. The van der Waals surface area contributed by atoms with Crippen molar-refractivity contribution in [3.8, 4) is 0 Å². The second-order valence-electron chi connectivity index (χ2n) is 6.41. The number of carbonyl (C=O) groups excluding carboxylic acids is 1. The smallest absolute Gasteiger partial charge is 0.270 e. The van der Waals surface area contributed by atoms with Gasteiger partial charge in [0.15, 0.2) is 0 Å². The Labute approximate surface area is 143 Å². The van der Waals surface area contributed by atoms with Crippen molar-refractivity contribution in [3.05, 3.63) is 29.1 Å². The first kappa shape index (κ1) is 16.9. The van der Waals surface area contributed by atoms with Crippen molar-refractivity contribution in [2.24, 2.45) is 0 Å². The van der Waals surface area contributed by atoms with E-state index in [-0.39, 0.29) is 5.91 Å². The van der Waals surface area contributed by atoms with Crippen molar-refractivity contribution in [2.45, 2.75) is 39.0 Å². The van der Waals surface area contributed by atoms with Gasteiger partial charge in [-0.05, 0) is 45.1 Å². The van der Waals surface area contributed by atoms with Gasteiger partial charge in [0.05, 0.1) is 13.2 Å². The molecule has 3 rings (SSSR count). The Hall–Kier alpha value is -1.95. The molecule has 2 heterocycles. The second-order valence-corrected chi connectivity index (χ2v) is 6.41. The molecule has 0 atom stereocenters. The monoisotopic (exact) mass is 330 g/mol. The van der Waals surface area contributed by atoms with Crippen LogP contribution in [0.4, 0.5) is 5.95 Å². The largest absolute Gasteiger partial charge is 0.378 e. The van der Waals surface area contributed by atoms with Crippen LogP contribution < -0.4 is 10.2 Å². The number of aryl methyl sites for hydroxylation is 1. The number of anilines is 1. The van der Waals surface area contributed by atoms with Gasteiger partial charge in [0.2, 0.25) is 5.95 Å². The maximum absolute atomic E-state index is 12.4. The highest BCUT2D eigenvalue weighted by molar-refractivity contribution is 5.92. The van der Waals surface area contributed by atoms with E-state index < -0.39 is 0 Å². The molecule has 6 nitrogen and oxygen atoms in total. The molecule has 0 bridgehead atoms. The first-order chi connectivity index (χ1) is 11.7. The number of hydrogen-bond donors (Lipinski definition) is 1. The van der Waals surface area contributed by atoms with E-state index in [2.05, 4.69) is 26.3 Å². The zero-order chi connectivity index (χ0) is 16.8. The summed E-state index contributed by atoms with van der Waals surface area (Å²) in [6, 6.07) is 1.75. The minimum Gasteiger partial charge on any atom is -0.378 e. The lowest BCUT2D eigenvalue weighted by Gasteiger charge is -2.27. The Morgan fingerprint density at radius 3 is 2.88 bits per heavy atom. The molecule has 1 aromatic rings. The van der Waals surface area contributed by atoms with Gasteiger partial charge in [-0.25, -0.2) is 9.97 Å². The van der Waals surface area contributed by atoms with Crippen LogP contribution in [0.25, 0.3) is 0 Å². The van der Waals surface area contributed by atoms with Crippen LogP contribution >= 0.6 is 0 Å². The fourth-order valence-electron chi connectivity index (χ4n) is 3.13.